The normalized spacial score (nSPS) is 17.3. The van der Waals surface area contributed by atoms with Crippen molar-refractivity contribution >= 4 is 5.91 Å². The Morgan fingerprint density at radius 3 is 2.62 bits per heavy atom. The molecule has 1 saturated heterocycles. The third kappa shape index (κ3) is 5.18. The first-order chi connectivity index (χ1) is 14.0. The number of aromatic nitrogens is 1. The van der Waals surface area contributed by atoms with Crippen LogP contribution in [0.4, 0.5) is 0 Å². The summed E-state index contributed by atoms with van der Waals surface area (Å²) < 4.78 is 11.4. The molecule has 1 aromatic carbocycles. The van der Waals surface area contributed by atoms with Crippen LogP contribution in [-0.2, 0) is 11.3 Å². The minimum absolute atomic E-state index is 0.0847. The minimum Gasteiger partial charge on any atom is -0.494 e. The predicted octanol–water partition coefficient (Wildman–Crippen LogP) is 4.13. The number of carbonyl (C=O) groups is 1. The summed E-state index contributed by atoms with van der Waals surface area (Å²) in [4.78, 5) is 21.8. The molecule has 1 fully saturated rings. The van der Waals surface area contributed by atoms with Gasteiger partial charge in [0.2, 0.25) is 11.8 Å². The number of rotatable bonds is 8. The maximum atomic E-state index is 12.7. The highest BCUT2D eigenvalue weighted by Gasteiger charge is 2.29. The number of hydrogen-bond donors (Lipinski definition) is 0. The van der Waals surface area contributed by atoms with Crippen molar-refractivity contribution in [1.29, 1.82) is 0 Å². The van der Waals surface area contributed by atoms with E-state index in [0.29, 0.717) is 19.0 Å². The van der Waals surface area contributed by atoms with Crippen molar-refractivity contribution in [1.82, 2.24) is 14.8 Å². The zero-order valence-electron chi connectivity index (χ0n) is 18.1. The molecule has 158 valence electrons. The van der Waals surface area contributed by atoms with Gasteiger partial charge in [0.05, 0.1) is 18.2 Å². The van der Waals surface area contributed by atoms with Gasteiger partial charge in [-0.2, -0.15) is 0 Å². The topological polar surface area (TPSA) is 58.8 Å². The SMILES string of the molecule is CCOc1ccc(-c2nc(CN3CCC[C@H](C(=O)N(CC)CC)C3)c(C)o2)cc1. The zero-order valence-corrected chi connectivity index (χ0v) is 18.1. The second kappa shape index (κ2) is 9.92. The molecule has 0 unspecified atom stereocenters. The quantitative estimate of drug-likeness (QED) is 0.668. The number of ether oxygens (including phenoxy) is 1. The Balaban J connectivity index is 1.66. The second-order valence-electron chi connectivity index (χ2n) is 7.56. The lowest BCUT2D eigenvalue weighted by Crippen LogP contribution is -2.44. The molecule has 1 amide bonds. The van der Waals surface area contributed by atoms with Gasteiger partial charge in [-0.3, -0.25) is 9.69 Å². The number of benzene rings is 1. The fourth-order valence-corrected chi connectivity index (χ4v) is 3.96. The Morgan fingerprint density at radius 1 is 1.24 bits per heavy atom. The lowest BCUT2D eigenvalue weighted by molar-refractivity contribution is -0.137. The maximum absolute atomic E-state index is 12.7. The molecular formula is C23H33N3O3. The van der Waals surface area contributed by atoms with E-state index >= 15 is 0 Å². The van der Waals surface area contributed by atoms with Crippen LogP contribution in [0.25, 0.3) is 11.5 Å². The van der Waals surface area contributed by atoms with Crippen LogP contribution in [0.15, 0.2) is 28.7 Å². The second-order valence-corrected chi connectivity index (χ2v) is 7.56. The average Bonchev–Trinajstić information content (AvgIpc) is 3.10. The highest BCUT2D eigenvalue weighted by molar-refractivity contribution is 5.79. The van der Waals surface area contributed by atoms with Crippen LogP contribution in [-0.4, -0.2) is 53.5 Å². The van der Waals surface area contributed by atoms with Gasteiger partial charge >= 0.3 is 0 Å². The van der Waals surface area contributed by atoms with Crippen LogP contribution < -0.4 is 4.74 Å². The fraction of sp³-hybridized carbons (Fsp3) is 0.565. The Labute approximate surface area is 173 Å². The van der Waals surface area contributed by atoms with Crippen LogP contribution in [0.2, 0.25) is 0 Å². The molecule has 0 bridgehead atoms. The summed E-state index contributed by atoms with van der Waals surface area (Å²) in [5, 5.41) is 0. The van der Waals surface area contributed by atoms with E-state index in [-0.39, 0.29) is 11.8 Å². The van der Waals surface area contributed by atoms with E-state index < -0.39 is 0 Å². The molecule has 6 nitrogen and oxygen atoms in total. The number of aryl methyl sites for hydroxylation is 1. The minimum atomic E-state index is 0.0847. The molecule has 0 radical (unpaired) electrons. The molecule has 2 aromatic rings. The fourth-order valence-electron chi connectivity index (χ4n) is 3.96. The molecular weight excluding hydrogens is 366 g/mol. The molecule has 3 rings (SSSR count). The number of piperidine rings is 1. The lowest BCUT2D eigenvalue weighted by atomic mass is 9.96. The summed E-state index contributed by atoms with van der Waals surface area (Å²) in [5.41, 5.74) is 1.89. The first-order valence-corrected chi connectivity index (χ1v) is 10.8. The first-order valence-electron chi connectivity index (χ1n) is 10.8. The third-order valence-corrected chi connectivity index (χ3v) is 5.61. The first kappa shape index (κ1) is 21.4. The van der Waals surface area contributed by atoms with Crippen molar-refractivity contribution in [3.8, 4) is 17.2 Å². The van der Waals surface area contributed by atoms with Gasteiger partial charge in [-0.15, -0.1) is 0 Å². The monoisotopic (exact) mass is 399 g/mol. The van der Waals surface area contributed by atoms with Gasteiger partial charge in [0, 0.05) is 31.7 Å². The summed E-state index contributed by atoms with van der Waals surface area (Å²) in [6, 6.07) is 7.82. The van der Waals surface area contributed by atoms with Gasteiger partial charge in [0.25, 0.3) is 0 Å². The molecule has 1 aliphatic heterocycles. The van der Waals surface area contributed by atoms with E-state index in [1.807, 2.05) is 56.9 Å². The van der Waals surface area contributed by atoms with E-state index in [2.05, 4.69) is 4.90 Å². The standard InChI is InChI=1S/C23H33N3O3/c1-5-26(6-2)23(27)19-9-8-14-25(15-19)16-21-17(4)29-22(24-21)18-10-12-20(13-11-18)28-7-3/h10-13,19H,5-9,14-16H2,1-4H3/t19-/m0/s1. The van der Waals surface area contributed by atoms with E-state index in [0.717, 1.165) is 61.8 Å². The average molecular weight is 400 g/mol. The van der Waals surface area contributed by atoms with Crippen molar-refractivity contribution < 1.29 is 13.9 Å². The van der Waals surface area contributed by atoms with Crippen molar-refractivity contribution in [3.05, 3.63) is 35.7 Å². The number of hydrogen-bond acceptors (Lipinski definition) is 5. The van der Waals surface area contributed by atoms with Gasteiger partial charge in [-0.1, -0.05) is 0 Å². The summed E-state index contributed by atoms with van der Waals surface area (Å²) in [5.74, 6) is 2.68. The summed E-state index contributed by atoms with van der Waals surface area (Å²) in [6.45, 7) is 12.7. The molecule has 0 spiro atoms. The summed E-state index contributed by atoms with van der Waals surface area (Å²) in [7, 11) is 0. The number of nitrogens with zero attached hydrogens (tertiary/aromatic N) is 3. The van der Waals surface area contributed by atoms with Gasteiger partial charge in [0.1, 0.15) is 11.5 Å². The molecule has 2 heterocycles. The van der Waals surface area contributed by atoms with E-state index in [4.69, 9.17) is 14.1 Å². The highest BCUT2D eigenvalue weighted by atomic mass is 16.5. The Hall–Kier alpha value is -2.34. The van der Waals surface area contributed by atoms with Gasteiger partial charge in [-0.05, 0) is 71.3 Å². The molecule has 0 saturated carbocycles. The smallest absolute Gasteiger partial charge is 0.226 e. The maximum Gasteiger partial charge on any atom is 0.226 e. The van der Waals surface area contributed by atoms with Gasteiger partial charge < -0.3 is 14.1 Å². The number of carbonyl (C=O) groups excluding carboxylic acids is 1. The molecule has 29 heavy (non-hydrogen) atoms. The highest BCUT2D eigenvalue weighted by Crippen LogP contribution is 2.26. The van der Waals surface area contributed by atoms with E-state index in [9.17, 15) is 4.79 Å². The Bertz CT molecular complexity index is 796. The Kier molecular flexibility index (Phi) is 7.31. The molecule has 0 aliphatic carbocycles. The summed E-state index contributed by atoms with van der Waals surface area (Å²) in [6.07, 6.45) is 2.02. The number of amides is 1. The van der Waals surface area contributed by atoms with Crippen LogP contribution in [0.5, 0.6) is 5.75 Å². The molecule has 0 N–H and O–H groups in total. The zero-order chi connectivity index (χ0) is 20.8. The van der Waals surface area contributed by atoms with Crippen molar-refractivity contribution in [3.63, 3.8) is 0 Å². The third-order valence-electron chi connectivity index (χ3n) is 5.61. The lowest BCUT2D eigenvalue weighted by Gasteiger charge is -2.34. The van der Waals surface area contributed by atoms with Gasteiger partial charge in [-0.25, -0.2) is 4.98 Å². The number of likely N-dealkylation sites (tertiary alicyclic amines) is 1. The van der Waals surface area contributed by atoms with E-state index in [1.54, 1.807) is 0 Å². The van der Waals surface area contributed by atoms with Crippen molar-refractivity contribution in [2.45, 2.75) is 47.1 Å². The van der Waals surface area contributed by atoms with Crippen LogP contribution in [0, 0.1) is 12.8 Å². The summed E-state index contributed by atoms with van der Waals surface area (Å²) >= 11 is 0. The van der Waals surface area contributed by atoms with E-state index in [1.165, 1.54) is 0 Å². The van der Waals surface area contributed by atoms with Gasteiger partial charge in [0.15, 0.2) is 0 Å². The van der Waals surface area contributed by atoms with Crippen molar-refractivity contribution in [2.24, 2.45) is 5.92 Å². The van der Waals surface area contributed by atoms with Crippen molar-refractivity contribution in [2.75, 3.05) is 32.8 Å². The van der Waals surface area contributed by atoms with Crippen LogP contribution in [0.1, 0.15) is 45.1 Å². The largest absolute Gasteiger partial charge is 0.494 e. The van der Waals surface area contributed by atoms with Crippen LogP contribution >= 0.6 is 0 Å². The molecule has 6 heteroatoms. The predicted molar refractivity (Wildman–Crippen MR) is 114 cm³/mol. The van der Waals surface area contributed by atoms with Crippen LogP contribution in [0.3, 0.4) is 0 Å². The molecule has 1 aromatic heterocycles. The number of oxazole rings is 1. The Morgan fingerprint density at radius 2 is 1.97 bits per heavy atom. The molecule has 1 aliphatic rings. The molecule has 1 atom stereocenters.